The van der Waals surface area contributed by atoms with Crippen molar-refractivity contribution in [2.45, 2.75) is 83.1 Å². The summed E-state index contributed by atoms with van der Waals surface area (Å²) in [7, 11) is 0. The topological polar surface area (TPSA) is 186 Å². The number of nitrogens with zero attached hydrogens (tertiary/aromatic N) is 9. The molecule has 306 valence electrons. The number of piperidine rings is 1. The molecule has 6 aromatic rings. The first kappa shape index (κ1) is 39.4. The molecule has 3 amide bonds. The summed E-state index contributed by atoms with van der Waals surface area (Å²) in [6.45, 7) is 3.74. The van der Waals surface area contributed by atoms with Crippen molar-refractivity contribution in [3.05, 3.63) is 95.3 Å². The van der Waals surface area contributed by atoms with E-state index >= 15 is 0 Å². The van der Waals surface area contributed by atoms with Crippen LogP contribution < -0.4 is 21.1 Å². The highest BCUT2D eigenvalue weighted by Gasteiger charge is 2.30. The third kappa shape index (κ3) is 9.16. The molecule has 2 aliphatic rings. The van der Waals surface area contributed by atoms with Crippen LogP contribution in [0.25, 0.3) is 27.7 Å². The fraction of sp³-hybridized carbons (Fsp3) is 0.419. The van der Waals surface area contributed by atoms with Crippen molar-refractivity contribution in [1.82, 2.24) is 44.8 Å². The summed E-state index contributed by atoms with van der Waals surface area (Å²) >= 11 is 0. The lowest BCUT2D eigenvalue weighted by atomic mass is 10.1. The molecular weight excluding hydrogens is 751 g/mol. The molecule has 4 aromatic heterocycles. The zero-order valence-corrected chi connectivity index (χ0v) is 33.1. The summed E-state index contributed by atoms with van der Waals surface area (Å²) in [5, 5.41) is 22.8. The van der Waals surface area contributed by atoms with E-state index in [0.29, 0.717) is 29.6 Å². The quantitative estimate of drug-likeness (QED) is 0.0917. The van der Waals surface area contributed by atoms with Crippen LogP contribution in [0.15, 0.2) is 82.6 Å². The number of imide groups is 1. The molecule has 59 heavy (non-hydrogen) atoms. The largest absolute Gasteiger partial charge is 0.469 e. The van der Waals surface area contributed by atoms with E-state index in [1.54, 1.807) is 18.7 Å². The number of unbranched alkanes of at least 4 members (excludes halogenated alkanes) is 6. The molecule has 2 N–H and O–H groups in total. The van der Waals surface area contributed by atoms with E-state index < -0.39 is 17.5 Å². The van der Waals surface area contributed by atoms with Crippen LogP contribution >= 0.6 is 0 Å². The molecule has 2 aliphatic heterocycles. The van der Waals surface area contributed by atoms with Gasteiger partial charge >= 0.3 is 0 Å². The Morgan fingerprint density at radius 2 is 1.66 bits per heavy atom. The molecule has 0 bridgehead atoms. The van der Waals surface area contributed by atoms with Crippen molar-refractivity contribution >= 4 is 45.6 Å². The average molecular weight is 800 g/mol. The highest BCUT2D eigenvalue weighted by atomic mass is 16.3. The van der Waals surface area contributed by atoms with Gasteiger partial charge in [-0.3, -0.25) is 28.9 Å². The fourth-order valence-electron chi connectivity index (χ4n) is 8.04. The fourth-order valence-corrected chi connectivity index (χ4v) is 8.04. The molecule has 0 saturated carbocycles. The highest BCUT2D eigenvalue weighted by Crippen LogP contribution is 2.27. The number of carbonyl (C=O) groups is 3. The van der Waals surface area contributed by atoms with Gasteiger partial charge in [0.1, 0.15) is 29.5 Å². The Balaban J connectivity index is 0.712. The second-order valence-corrected chi connectivity index (χ2v) is 15.3. The summed E-state index contributed by atoms with van der Waals surface area (Å²) in [5.41, 5.74) is 4.58. The molecule has 0 aliphatic carbocycles. The van der Waals surface area contributed by atoms with Crippen molar-refractivity contribution in [3.8, 4) is 11.1 Å². The third-order valence-corrected chi connectivity index (χ3v) is 11.4. The summed E-state index contributed by atoms with van der Waals surface area (Å²) in [5.74, 6) is 1.16. The van der Waals surface area contributed by atoms with Gasteiger partial charge in [-0.2, -0.15) is 4.68 Å². The van der Waals surface area contributed by atoms with Gasteiger partial charge in [-0.05, 0) is 61.2 Å². The zero-order chi connectivity index (χ0) is 40.6. The standard InChI is InChI=1S/C43H49N11O5/c55-38-21-19-36(42(57)47-38)54-43(58)40-34(11-8-12-35(40)48-50-54)44-22-7-5-3-1-2-4-6-13-39(56)52-25-23-51(24-26-52)31-16-14-30(15-17-31)33-28-45-37(53-29-46-49-41(33)53)20-18-32-10-9-27-59-32/h8-12,14-17,27-29,36,44H,1-7,13,18-26H2,(H,47,55,57). The van der Waals surface area contributed by atoms with Gasteiger partial charge in [0.05, 0.1) is 11.6 Å². The molecule has 1 atom stereocenters. The van der Waals surface area contributed by atoms with Crippen LogP contribution in [-0.4, -0.2) is 89.9 Å². The number of nitrogens with one attached hydrogen (secondary N) is 2. The van der Waals surface area contributed by atoms with Crippen molar-refractivity contribution in [2.75, 3.05) is 42.9 Å². The SMILES string of the molecule is O=C1CCC(n2nnc3cccc(NCCCCCCCCCC(=O)N4CCN(c5ccc(-c6cnc(CCc7ccco7)n7cnnc67)cc5)CC4)c3c2=O)C(=O)N1. The van der Waals surface area contributed by atoms with Gasteiger partial charge in [-0.25, -0.2) is 4.98 Å². The number of hydrogen-bond acceptors (Lipinski definition) is 12. The second-order valence-electron chi connectivity index (χ2n) is 15.3. The number of furan rings is 1. The van der Waals surface area contributed by atoms with Gasteiger partial charge in [0, 0.05) is 81.5 Å². The van der Waals surface area contributed by atoms with Crippen molar-refractivity contribution in [2.24, 2.45) is 0 Å². The molecule has 16 nitrogen and oxygen atoms in total. The molecule has 6 heterocycles. The maximum Gasteiger partial charge on any atom is 0.280 e. The van der Waals surface area contributed by atoms with Crippen LogP contribution in [0.2, 0.25) is 0 Å². The Hall–Kier alpha value is -6.45. The first-order chi connectivity index (χ1) is 28.9. The molecular formula is C43H49N11O5. The summed E-state index contributed by atoms with van der Waals surface area (Å²) < 4.78 is 8.52. The van der Waals surface area contributed by atoms with Gasteiger partial charge in [0.25, 0.3) is 11.5 Å². The van der Waals surface area contributed by atoms with Crippen molar-refractivity contribution < 1.29 is 18.8 Å². The molecule has 0 spiro atoms. The Morgan fingerprint density at radius 3 is 2.44 bits per heavy atom. The minimum absolute atomic E-state index is 0.150. The van der Waals surface area contributed by atoms with E-state index in [4.69, 9.17) is 9.40 Å². The van der Waals surface area contributed by atoms with Gasteiger partial charge in [0.15, 0.2) is 5.65 Å². The predicted molar refractivity (Wildman–Crippen MR) is 222 cm³/mol. The van der Waals surface area contributed by atoms with Crippen LogP contribution in [0.3, 0.4) is 0 Å². The lowest BCUT2D eigenvalue weighted by molar-refractivity contribution is -0.136. The number of aryl methyl sites for hydroxylation is 2. The van der Waals surface area contributed by atoms with E-state index in [1.165, 1.54) is 0 Å². The number of aromatic nitrogens is 7. The van der Waals surface area contributed by atoms with Crippen molar-refractivity contribution in [3.63, 3.8) is 0 Å². The minimum Gasteiger partial charge on any atom is -0.469 e. The van der Waals surface area contributed by atoms with Crippen LogP contribution in [-0.2, 0) is 27.2 Å². The maximum absolute atomic E-state index is 13.4. The van der Waals surface area contributed by atoms with Crippen molar-refractivity contribution in [1.29, 1.82) is 0 Å². The van der Waals surface area contributed by atoms with E-state index in [-0.39, 0.29) is 24.7 Å². The monoisotopic (exact) mass is 799 g/mol. The normalized spacial score (nSPS) is 15.9. The Labute approximate surface area is 341 Å². The number of anilines is 2. The summed E-state index contributed by atoms with van der Waals surface area (Å²) in [6.07, 6.45) is 14.9. The van der Waals surface area contributed by atoms with Crippen LogP contribution in [0.1, 0.15) is 81.8 Å². The minimum atomic E-state index is -0.859. The van der Waals surface area contributed by atoms with E-state index in [0.717, 1.165) is 123 Å². The van der Waals surface area contributed by atoms with E-state index in [2.05, 4.69) is 60.3 Å². The zero-order valence-electron chi connectivity index (χ0n) is 33.1. The second kappa shape index (κ2) is 18.4. The number of carbonyl (C=O) groups excluding carboxylic acids is 3. The summed E-state index contributed by atoms with van der Waals surface area (Å²) in [4.78, 5) is 59.4. The maximum atomic E-state index is 13.4. The molecule has 2 fully saturated rings. The Morgan fingerprint density at radius 1 is 0.864 bits per heavy atom. The van der Waals surface area contributed by atoms with Gasteiger partial charge in [0.2, 0.25) is 11.8 Å². The summed E-state index contributed by atoms with van der Waals surface area (Å²) in [6, 6.07) is 16.9. The first-order valence-electron chi connectivity index (χ1n) is 20.7. The van der Waals surface area contributed by atoms with Gasteiger partial charge in [-0.15, -0.1) is 15.3 Å². The number of rotatable bonds is 17. The predicted octanol–water partition coefficient (Wildman–Crippen LogP) is 5.13. The molecule has 1 unspecified atom stereocenters. The Bertz CT molecular complexity index is 2450. The van der Waals surface area contributed by atoms with E-state index in [9.17, 15) is 19.2 Å². The molecule has 2 aromatic carbocycles. The van der Waals surface area contributed by atoms with E-state index in [1.807, 2.05) is 39.8 Å². The number of benzene rings is 2. The average Bonchev–Trinajstić information content (AvgIpc) is 3.98. The molecule has 2 saturated heterocycles. The van der Waals surface area contributed by atoms with Crippen LogP contribution in [0, 0.1) is 0 Å². The van der Waals surface area contributed by atoms with Crippen LogP contribution in [0.4, 0.5) is 11.4 Å². The molecule has 8 rings (SSSR count). The Kier molecular flexibility index (Phi) is 12.3. The molecule has 16 heteroatoms. The third-order valence-electron chi connectivity index (χ3n) is 11.4. The van der Waals surface area contributed by atoms with Gasteiger partial charge in [-0.1, -0.05) is 55.5 Å². The number of amides is 3. The van der Waals surface area contributed by atoms with Gasteiger partial charge < -0.3 is 19.5 Å². The smallest absolute Gasteiger partial charge is 0.280 e. The highest BCUT2D eigenvalue weighted by molar-refractivity contribution is 5.99. The number of piperazine rings is 1. The number of hydrogen-bond donors (Lipinski definition) is 2. The van der Waals surface area contributed by atoms with Crippen LogP contribution in [0.5, 0.6) is 0 Å². The lowest BCUT2D eigenvalue weighted by Crippen LogP contribution is -2.48. The lowest BCUT2D eigenvalue weighted by Gasteiger charge is -2.36. The molecule has 0 radical (unpaired) electrons. The first-order valence-corrected chi connectivity index (χ1v) is 20.7. The number of fused-ring (bicyclic) bond motifs is 2.